The van der Waals surface area contributed by atoms with E-state index in [0.717, 1.165) is 41.1 Å². The fraction of sp³-hybridized carbons (Fsp3) is 0.278. The number of rotatable bonds is 8. The maximum Gasteiger partial charge on any atom is 2.00 e. The molecule has 0 spiro atoms. The molecular weight excluding hydrogens is 1380 g/mol. The molecule has 4 aliphatic rings. The first-order valence-corrected chi connectivity index (χ1v) is 29.3. The predicted molar refractivity (Wildman–Crippen MR) is 331 cm³/mol. The van der Waals surface area contributed by atoms with Gasteiger partial charge in [0.25, 0.3) is 47.3 Å². The van der Waals surface area contributed by atoms with Gasteiger partial charge in [0.05, 0.1) is 48.0 Å². The molecule has 0 aliphatic carbocycles. The molecular formula is C72H64N4O16Rh2. The van der Waals surface area contributed by atoms with Crippen LogP contribution in [-0.2, 0) is 58.1 Å². The molecule has 0 bridgehead atoms. The number of amides is 8. The third-order valence-corrected chi connectivity index (χ3v) is 16.4. The molecule has 0 N–H and O–H groups in total. The van der Waals surface area contributed by atoms with Crippen molar-refractivity contribution in [2.45, 2.75) is 107 Å². The zero-order valence-electron chi connectivity index (χ0n) is 53.2. The number of carboxylic acid groups (broad SMARTS) is 4. The zero-order valence-corrected chi connectivity index (χ0v) is 56.4. The van der Waals surface area contributed by atoms with Gasteiger partial charge in [-0.3, -0.25) is 58.0 Å². The number of benzene rings is 8. The summed E-state index contributed by atoms with van der Waals surface area (Å²) in [7, 11) is 0. The molecule has 22 heteroatoms. The van der Waals surface area contributed by atoms with E-state index in [0.29, 0.717) is 66.1 Å². The molecule has 2 radical (unpaired) electrons. The Bertz CT molecular complexity index is 3770. The van der Waals surface area contributed by atoms with Crippen molar-refractivity contribution in [3.05, 3.63) is 190 Å². The van der Waals surface area contributed by atoms with Gasteiger partial charge < -0.3 is 39.6 Å². The summed E-state index contributed by atoms with van der Waals surface area (Å²) in [5.74, 6) is -10.5. The number of aliphatic carboxylic acids is 4. The fourth-order valence-electron chi connectivity index (χ4n) is 12.5. The second kappa shape index (κ2) is 26.5. The standard InChI is InChI=1S/4C18H17NO4.2Rh/c4*1-18(2,3)14(17(22)23)19-15(20)11-8-4-6-10-7-5-9-12(13(10)11)16(19)21;;/h4*4-9,14H,1-3H3,(H,22,23);;/q;;;;2*+2/p-4/t4*14-;;/m0000../s1. The second-order valence-electron chi connectivity index (χ2n) is 27.1. The minimum absolute atomic E-state index is 0. The molecule has 4 heterocycles. The van der Waals surface area contributed by atoms with Crippen LogP contribution in [0, 0.1) is 21.7 Å². The molecule has 20 nitrogen and oxygen atoms in total. The summed E-state index contributed by atoms with van der Waals surface area (Å²) in [6, 6.07) is 35.9. The van der Waals surface area contributed by atoms with Crippen molar-refractivity contribution in [3.8, 4) is 0 Å². The first kappa shape index (κ1) is 71.9. The molecule has 0 aromatic heterocycles. The number of carbonyl (C=O) groups excluding carboxylic acids is 12. The van der Waals surface area contributed by atoms with Gasteiger partial charge in [-0.05, 0) is 91.7 Å². The van der Waals surface area contributed by atoms with E-state index in [9.17, 15) is 78.0 Å². The second-order valence-corrected chi connectivity index (χ2v) is 27.1. The topological polar surface area (TPSA) is 310 Å². The summed E-state index contributed by atoms with van der Waals surface area (Å²) in [6.45, 7) is 19.9. The monoisotopic (exact) mass is 1450 g/mol. The van der Waals surface area contributed by atoms with Crippen molar-refractivity contribution in [1.82, 2.24) is 19.6 Å². The van der Waals surface area contributed by atoms with Gasteiger partial charge in [-0.25, -0.2) is 0 Å². The van der Waals surface area contributed by atoms with Crippen LogP contribution in [0.4, 0.5) is 0 Å². The number of carbonyl (C=O) groups is 12. The van der Waals surface area contributed by atoms with Gasteiger partial charge in [0.15, 0.2) is 0 Å². The minimum atomic E-state index is -1.44. The molecule has 0 saturated carbocycles. The normalized spacial score (nSPS) is 15.5. The van der Waals surface area contributed by atoms with E-state index >= 15 is 0 Å². The maximum absolute atomic E-state index is 12.8. The van der Waals surface area contributed by atoms with Crippen molar-refractivity contribution in [3.63, 3.8) is 0 Å². The van der Waals surface area contributed by atoms with Crippen LogP contribution in [0.3, 0.4) is 0 Å². The van der Waals surface area contributed by atoms with Gasteiger partial charge in [0.1, 0.15) is 0 Å². The first-order valence-electron chi connectivity index (χ1n) is 29.3. The SMILES string of the molecule is CC(C)(C)[C@H](C(=O)[O-])N1C(=O)c2cccc3cccc(c23)C1=O.CC(C)(C)[C@H](C(=O)[O-])N1C(=O)c2cccc3cccc(c23)C1=O.CC(C)(C)[C@H](C(=O)[O-])N1C(=O)c2cccc3cccc(c23)C1=O.CC(C)(C)[C@H](C(=O)[O-])N1C(=O)c2cccc3cccc(c23)C1=O.[Rh+2].[Rh+2]. The Morgan fingerprint density at radius 3 is 0.468 bits per heavy atom. The molecule has 0 saturated heterocycles. The van der Waals surface area contributed by atoms with E-state index in [4.69, 9.17) is 0 Å². The summed E-state index contributed by atoms with van der Waals surface area (Å²) < 4.78 is 0. The van der Waals surface area contributed by atoms with E-state index < -0.39 is 117 Å². The average molecular weight is 1450 g/mol. The van der Waals surface area contributed by atoms with E-state index in [2.05, 4.69) is 0 Å². The van der Waals surface area contributed by atoms with E-state index in [1.54, 1.807) is 180 Å². The molecule has 4 atom stereocenters. The third-order valence-electron chi connectivity index (χ3n) is 16.4. The van der Waals surface area contributed by atoms with Gasteiger partial charge in [0, 0.05) is 66.1 Å². The van der Waals surface area contributed by atoms with Crippen LogP contribution in [-0.4, -0.2) is 115 Å². The Morgan fingerprint density at radius 2 is 0.372 bits per heavy atom. The number of imide groups is 4. The largest absolute Gasteiger partial charge is 2.00 e. The van der Waals surface area contributed by atoms with Crippen LogP contribution >= 0.6 is 0 Å². The molecule has 8 amide bonds. The van der Waals surface area contributed by atoms with Crippen LogP contribution in [0.25, 0.3) is 43.1 Å². The summed E-state index contributed by atoms with van der Waals surface area (Å²) in [4.78, 5) is 152. The molecule has 4 aliphatic heterocycles. The number of nitrogens with zero attached hydrogens (tertiary/aromatic N) is 4. The molecule has 12 rings (SSSR count). The first-order chi connectivity index (χ1) is 42.9. The van der Waals surface area contributed by atoms with Gasteiger partial charge in [-0.2, -0.15) is 0 Å². The summed E-state index contributed by atoms with van der Waals surface area (Å²) in [6.07, 6.45) is 0. The fourth-order valence-corrected chi connectivity index (χ4v) is 12.5. The minimum Gasteiger partial charge on any atom is -0.548 e. The average Bonchev–Trinajstić information content (AvgIpc) is 0.761. The number of hydrogen-bond acceptors (Lipinski definition) is 16. The Hall–Kier alpha value is -9.51. The van der Waals surface area contributed by atoms with Gasteiger partial charge in [-0.1, -0.05) is 180 Å². The van der Waals surface area contributed by atoms with Crippen molar-refractivity contribution in [2.75, 3.05) is 0 Å². The van der Waals surface area contributed by atoms with E-state index in [1.807, 2.05) is 48.5 Å². The van der Waals surface area contributed by atoms with Crippen LogP contribution in [0.2, 0.25) is 0 Å². The zero-order chi connectivity index (χ0) is 67.8. The van der Waals surface area contributed by atoms with Crippen LogP contribution < -0.4 is 20.4 Å². The molecule has 486 valence electrons. The summed E-state index contributed by atoms with van der Waals surface area (Å²) in [5, 5.41) is 52.0. The Balaban J connectivity index is 0.000000176. The van der Waals surface area contributed by atoms with Crippen molar-refractivity contribution < 1.29 is 117 Å². The van der Waals surface area contributed by atoms with Crippen molar-refractivity contribution >= 4 is 114 Å². The molecule has 94 heavy (non-hydrogen) atoms. The Kier molecular flexibility index (Phi) is 20.3. The third kappa shape index (κ3) is 12.8. The maximum atomic E-state index is 12.8. The number of carboxylic acids is 4. The molecule has 8 aromatic rings. The van der Waals surface area contributed by atoms with E-state index in [1.165, 1.54) is 0 Å². The summed E-state index contributed by atoms with van der Waals surface area (Å²) >= 11 is 0. The van der Waals surface area contributed by atoms with Gasteiger partial charge in [-0.15, -0.1) is 0 Å². The molecule has 8 aromatic carbocycles. The quantitative estimate of drug-likeness (QED) is 0.117. The van der Waals surface area contributed by atoms with Crippen LogP contribution in [0.5, 0.6) is 0 Å². The summed E-state index contributed by atoms with van der Waals surface area (Å²) in [5.41, 5.74) is -0.644. The number of hydrogen-bond donors (Lipinski definition) is 0. The van der Waals surface area contributed by atoms with Gasteiger partial charge >= 0.3 is 39.0 Å². The molecule has 0 unspecified atom stereocenters. The van der Waals surface area contributed by atoms with E-state index in [-0.39, 0.29) is 39.0 Å². The van der Waals surface area contributed by atoms with Crippen molar-refractivity contribution in [1.29, 1.82) is 0 Å². The smallest absolute Gasteiger partial charge is 0.548 e. The Morgan fingerprint density at radius 1 is 0.255 bits per heavy atom. The van der Waals surface area contributed by atoms with Crippen LogP contribution in [0.1, 0.15) is 166 Å². The molecule has 0 fully saturated rings. The van der Waals surface area contributed by atoms with Crippen molar-refractivity contribution in [2.24, 2.45) is 21.7 Å². The van der Waals surface area contributed by atoms with Crippen LogP contribution in [0.15, 0.2) is 146 Å². The van der Waals surface area contributed by atoms with Gasteiger partial charge in [0.2, 0.25) is 0 Å². The Labute approximate surface area is 566 Å². The predicted octanol–water partition coefficient (Wildman–Crippen LogP) is 6.40.